The molecule has 0 unspecified atom stereocenters. The van der Waals surface area contributed by atoms with Gasteiger partial charge in [-0.15, -0.1) is 0 Å². The number of benzene rings is 1. The third kappa shape index (κ3) is 4.41. The third-order valence-electron chi connectivity index (χ3n) is 5.02. The van der Waals surface area contributed by atoms with E-state index in [9.17, 15) is 9.59 Å². The monoisotopic (exact) mass is 373 g/mol. The number of para-hydroxylation sites is 1. The van der Waals surface area contributed by atoms with Crippen LogP contribution in [0.2, 0.25) is 0 Å². The van der Waals surface area contributed by atoms with E-state index in [1.165, 1.54) is 0 Å². The van der Waals surface area contributed by atoms with Crippen LogP contribution in [0, 0.1) is 0 Å². The van der Waals surface area contributed by atoms with E-state index in [1.807, 2.05) is 30.8 Å². The molecule has 26 heavy (non-hydrogen) atoms. The van der Waals surface area contributed by atoms with Crippen LogP contribution in [0.15, 0.2) is 30.8 Å². The van der Waals surface area contributed by atoms with Gasteiger partial charge in [0, 0.05) is 43.5 Å². The number of nitrogens with zero attached hydrogens (tertiary/aromatic N) is 2. The molecule has 5 nitrogen and oxygen atoms in total. The number of rotatable bonds is 3. The zero-order chi connectivity index (χ0) is 18.5. The van der Waals surface area contributed by atoms with Crippen LogP contribution in [-0.4, -0.2) is 60.4 Å². The standard InChI is InChI=1S/C20H27N3O2S/c1-15(2)17-5-3-4-6-18(17)22-9-11-23(12-10-22)20(25)19(24)21-16-7-13-26-14-8-16/h3-6,16H,1,7-14H2,2H3,(H,21,24). The van der Waals surface area contributed by atoms with Crippen molar-refractivity contribution in [2.45, 2.75) is 25.8 Å². The van der Waals surface area contributed by atoms with Gasteiger partial charge in [0.2, 0.25) is 0 Å². The molecule has 140 valence electrons. The first kappa shape index (κ1) is 18.8. The molecule has 0 radical (unpaired) electrons. The molecule has 1 aromatic rings. The zero-order valence-corrected chi connectivity index (χ0v) is 16.2. The Labute approximate surface area is 159 Å². The maximum Gasteiger partial charge on any atom is 0.312 e. The first-order chi connectivity index (χ1) is 12.6. The van der Waals surface area contributed by atoms with Crippen LogP contribution >= 0.6 is 11.8 Å². The Balaban J connectivity index is 1.55. The van der Waals surface area contributed by atoms with E-state index in [2.05, 4.69) is 28.9 Å². The molecule has 1 aromatic carbocycles. The molecule has 2 fully saturated rings. The topological polar surface area (TPSA) is 52.7 Å². The SMILES string of the molecule is C=C(C)c1ccccc1N1CCN(C(=O)C(=O)NC2CCSCC2)CC1. The second-order valence-corrected chi connectivity index (χ2v) is 8.16. The molecule has 2 aliphatic rings. The maximum atomic E-state index is 12.5. The van der Waals surface area contributed by atoms with Gasteiger partial charge in [-0.05, 0) is 42.9 Å². The van der Waals surface area contributed by atoms with Crippen molar-refractivity contribution in [3.8, 4) is 0 Å². The Hall–Kier alpha value is -1.95. The molecule has 0 saturated carbocycles. The molecule has 0 aromatic heterocycles. The summed E-state index contributed by atoms with van der Waals surface area (Å²) in [5.41, 5.74) is 3.32. The quantitative estimate of drug-likeness (QED) is 0.827. The summed E-state index contributed by atoms with van der Waals surface area (Å²) >= 11 is 1.91. The number of anilines is 1. The summed E-state index contributed by atoms with van der Waals surface area (Å²) in [6.07, 6.45) is 1.91. The van der Waals surface area contributed by atoms with Gasteiger partial charge in [0.15, 0.2) is 0 Å². The predicted octanol–water partition coefficient (Wildman–Crippen LogP) is 2.38. The van der Waals surface area contributed by atoms with Crippen molar-refractivity contribution in [2.24, 2.45) is 0 Å². The average Bonchev–Trinajstić information content (AvgIpc) is 2.68. The van der Waals surface area contributed by atoms with Gasteiger partial charge in [0.1, 0.15) is 0 Å². The highest BCUT2D eigenvalue weighted by Gasteiger charge is 2.28. The number of carbonyl (C=O) groups is 2. The molecule has 0 atom stereocenters. The average molecular weight is 374 g/mol. The molecule has 3 rings (SSSR count). The predicted molar refractivity (Wildman–Crippen MR) is 108 cm³/mol. The second kappa shape index (κ2) is 8.62. The summed E-state index contributed by atoms with van der Waals surface area (Å²) in [6, 6.07) is 8.35. The number of piperazine rings is 1. The van der Waals surface area contributed by atoms with Gasteiger partial charge in [0.05, 0.1) is 0 Å². The Morgan fingerprint density at radius 1 is 1.12 bits per heavy atom. The van der Waals surface area contributed by atoms with Gasteiger partial charge in [-0.1, -0.05) is 24.8 Å². The summed E-state index contributed by atoms with van der Waals surface area (Å²) in [4.78, 5) is 28.7. The van der Waals surface area contributed by atoms with Gasteiger partial charge in [-0.3, -0.25) is 9.59 Å². The van der Waals surface area contributed by atoms with E-state index >= 15 is 0 Å². The van der Waals surface area contributed by atoms with Crippen molar-refractivity contribution < 1.29 is 9.59 Å². The van der Waals surface area contributed by atoms with Gasteiger partial charge in [0.25, 0.3) is 0 Å². The molecule has 2 heterocycles. The van der Waals surface area contributed by atoms with Crippen LogP contribution in [0.5, 0.6) is 0 Å². The highest BCUT2D eigenvalue weighted by Crippen LogP contribution is 2.26. The van der Waals surface area contributed by atoms with Crippen LogP contribution in [0.1, 0.15) is 25.3 Å². The van der Waals surface area contributed by atoms with Crippen molar-refractivity contribution >= 4 is 34.8 Å². The van der Waals surface area contributed by atoms with E-state index in [4.69, 9.17) is 0 Å². The van der Waals surface area contributed by atoms with Crippen LogP contribution in [0.4, 0.5) is 5.69 Å². The lowest BCUT2D eigenvalue weighted by atomic mass is 10.1. The fourth-order valence-electron chi connectivity index (χ4n) is 3.49. The number of carbonyl (C=O) groups excluding carboxylic acids is 2. The summed E-state index contributed by atoms with van der Waals surface area (Å²) in [7, 11) is 0. The van der Waals surface area contributed by atoms with Gasteiger partial charge in [-0.2, -0.15) is 11.8 Å². The number of thioether (sulfide) groups is 1. The van der Waals surface area contributed by atoms with E-state index in [0.717, 1.165) is 54.3 Å². The lowest BCUT2D eigenvalue weighted by Gasteiger charge is -2.37. The number of amides is 2. The maximum absolute atomic E-state index is 12.5. The Bertz CT molecular complexity index is 677. The van der Waals surface area contributed by atoms with Crippen molar-refractivity contribution in [3.63, 3.8) is 0 Å². The molecular weight excluding hydrogens is 346 g/mol. The Morgan fingerprint density at radius 3 is 2.42 bits per heavy atom. The van der Waals surface area contributed by atoms with Crippen molar-refractivity contribution in [2.75, 3.05) is 42.6 Å². The van der Waals surface area contributed by atoms with Crippen molar-refractivity contribution in [1.29, 1.82) is 0 Å². The number of hydrogen-bond donors (Lipinski definition) is 1. The molecule has 0 bridgehead atoms. The molecule has 2 aliphatic heterocycles. The molecular formula is C20H27N3O2S. The fraction of sp³-hybridized carbons (Fsp3) is 0.500. The molecule has 0 aliphatic carbocycles. The van der Waals surface area contributed by atoms with Gasteiger partial charge in [-0.25, -0.2) is 0 Å². The highest BCUT2D eigenvalue weighted by atomic mass is 32.2. The minimum atomic E-state index is -0.447. The van der Waals surface area contributed by atoms with E-state index in [-0.39, 0.29) is 6.04 Å². The third-order valence-corrected chi connectivity index (χ3v) is 6.07. The summed E-state index contributed by atoms with van der Waals surface area (Å²) in [5, 5.41) is 2.91. The molecule has 6 heteroatoms. The summed E-state index contributed by atoms with van der Waals surface area (Å²) in [6.45, 7) is 8.65. The minimum Gasteiger partial charge on any atom is -0.367 e. The van der Waals surface area contributed by atoms with Crippen LogP contribution in [0.3, 0.4) is 0 Å². The molecule has 2 saturated heterocycles. The zero-order valence-electron chi connectivity index (χ0n) is 15.4. The molecule has 2 amide bonds. The van der Waals surface area contributed by atoms with E-state index in [0.29, 0.717) is 13.1 Å². The number of allylic oxidation sites excluding steroid dienone is 1. The van der Waals surface area contributed by atoms with E-state index < -0.39 is 11.8 Å². The van der Waals surface area contributed by atoms with Gasteiger partial charge < -0.3 is 15.1 Å². The fourth-order valence-corrected chi connectivity index (χ4v) is 4.60. The highest BCUT2D eigenvalue weighted by molar-refractivity contribution is 7.99. The Kier molecular flexibility index (Phi) is 6.25. The lowest BCUT2D eigenvalue weighted by molar-refractivity contribution is -0.146. The first-order valence-electron chi connectivity index (χ1n) is 9.23. The van der Waals surface area contributed by atoms with Crippen LogP contribution < -0.4 is 10.2 Å². The molecule has 0 spiro atoms. The van der Waals surface area contributed by atoms with Crippen LogP contribution in [0.25, 0.3) is 5.57 Å². The summed E-state index contributed by atoms with van der Waals surface area (Å²) < 4.78 is 0. The first-order valence-corrected chi connectivity index (χ1v) is 10.4. The smallest absolute Gasteiger partial charge is 0.312 e. The van der Waals surface area contributed by atoms with Crippen molar-refractivity contribution in [1.82, 2.24) is 10.2 Å². The lowest BCUT2D eigenvalue weighted by Crippen LogP contribution is -2.54. The van der Waals surface area contributed by atoms with Crippen LogP contribution in [-0.2, 0) is 9.59 Å². The Morgan fingerprint density at radius 2 is 1.77 bits per heavy atom. The van der Waals surface area contributed by atoms with Crippen molar-refractivity contribution in [3.05, 3.63) is 36.4 Å². The second-order valence-electron chi connectivity index (χ2n) is 6.94. The largest absolute Gasteiger partial charge is 0.367 e. The summed E-state index contributed by atoms with van der Waals surface area (Å²) in [5.74, 6) is 1.27. The minimum absolute atomic E-state index is 0.149. The molecule has 1 N–H and O–H groups in total. The number of nitrogens with one attached hydrogen (secondary N) is 1. The van der Waals surface area contributed by atoms with E-state index in [1.54, 1.807) is 4.90 Å². The normalized spacial score (nSPS) is 18.5. The number of hydrogen-bond acceptors (Lipinski definition) is 4. The van der Waals surface area contributed by atoms with Gasteiger partial charge >= 0.3 is 11.8 Å².